The van der Waals surface area contributed by atoms with Crippen LogP contribution in [-0.2, 0) is 27.6 Å². The number of rotatable bonds is 5. The molecular formula is C23H22ClNO3S. The van der Waals surface area contributed by atoms with Crippen molar-refractivity contribution in [1.29, 1.82) is 0 Å². The van der Waals surface area contributed by atoms with Gasteiger partial charge in [-0.3, -0.25) is 4.79 Å². The summed E-state index contributed by atoms with van der Waals surface area (Å²) in [4.78, 5) is 15.1. The molecule has 1 fully saturated rings. The molecule has 150 valence electrons. The molecule has 1 aliphatic rings. The summed E-state index contributed by atoms with van der Waals surface area (Å²) >= 11 is 6.11. The molecule has 6 heteroatoms. The van der Waals surface area contributed by atoms with Gasteiger partial charge in [-0.2, -0.15) is 0 Å². The minimum Gasteiger partial charge on any atom is -0.334 e. The van der Waals surface area contributed by atoms with Crippen LogP contribution >= 0.6 is 11.6 Å². The average molecular weight is 428 g/mol. The Morgan fingerprint density at radius 3 is 2.55 bits per heavy atom. The predicted octanol–water partition coefficient (Wildman–Crippen LogP) is 4.25. The molecule has 1 saturated heterocycles. The largest absolute Gasteiger partial charge is 0.334 e. The molecule has 0 bridgehead atoms. The standard InChI is InChI=1S/C23H22ClNO3S/c24-20-9-3-5-17(13-20)15-25(21-11-12-29(27,28)16-21)23(26)14-19-8-4-7-18-6-1-2-10-22(18)19/h1-10,13,21H,11-12,14-16H2. The van der Waals surface area contributed by atoms with Crippen LogP contribution in [0.2, 0.25) is 5.02 Å². The van der Waals surface area contributed by atoms with Crippen LogP contribution in [0, 0.1) is 0 Å². The van der Waals surface area contributed by atoms with E-state index in [2.05, 4.69) is 0 Å². The molecule has 3 aromatic rings. The summed E-state index contributed by atoms with van der Waals surface area (Å²) in [5.41, 5.74) is 1.85. The van der Waals surface area contributed by atoms with E-state index in [0.29, 0.717) is 18.0 Å². The second-order valence-electron chi connectivity index (χ2n) is 7.52. The molecule has 1 aliphatic heterocycles. The highest BCUT2D eigenvalue weighted by molar-refractivity contribution is 7.91. The fraction of sp³-hybridized carbons (Fsp3) is 0.261. The van der Waals surface area contributed by atoms with Crippen LogP contribution in [0.1, 0.15) is 17.5 Å². The topological polar surface area (TPSA) is 54.5 Å². The number of hydrogen-bond donors (Lipinski definition) is 0. The van der Waals surface area contributed by atoms with Gasteiger partial charge in [-0.1, -0.05) is 66.2 Å². The minimum atomic E-state index is -3.10. The van der Waals surface area contributed by atoms with Gasteiger partial charge in [-0.25, -0.2) is 8.42 Å². The zero-order valence-corrected chi connectivity index (χ0v) is 17.5. The molecule has 1 amide bonds. The van der Waals surface area contributed by atoms with Crippen molar-refractivity contribution in [1.82, 2.24) is 4.90 Å². The van der Waals surface area contributed by atoms with Gasteiger partial charge in [-0.15, -0.1) is 0 Å². The first kappa shape index (κ1) is 19.9. The third-order valence-corrected chi connectivity index (χ3v) is 7.42. The van der Waals surface area contributed by atoms with Crippen LogP contribution in [0.4, 0.5) is 0 Å². The molecule has 4 rings (SSSR count). The van der Waals surface area contributed by atoms with E-state index in [1.807, 2.05) is 60.7 Å². The Morgan fingerprint density at radius 1 is 1.03 bits per heavy atom. The summed E-state index contributed by atoms with van der Waals surface area (Å²) in [5, 5.41) is 2.73. The maximum atomic E-state index is 13.3. The van der Waals surface area contributed by atoms with E-state index in [1.165, 1.54) is 0 Å². The van der Waals surface area contributed by atoms with Gasteiger partial charge in [0.05, 0.1) is 17.9 Å². The van der Waals surface area contributed by atoms with Gasteiger partial charge in [0, 0.05) is 17.6 Å². The van der Waals surface area contributed by atoms with Crippen molar-refractivity contribution in [3.8, 4) is 0 Å². The lowest BCUT2D eigenvalue weighted by molar-refractivity contribution is -0.133. The number of carbonyl (C=O) groups excluding carboxylic acids is 1. The summed E-state index contributed by atoms with van der Waals surface area (Å²) in [6.07, 6.45) is 0.711. The van der Waals surface area contributed by atoms with Crippen molar-refractivity contribution in [3.63, 3.8) is 0 Å². The summed E-state index contributed by atoms with van der Waals surface area (Å²) in [6.45, 7) is 0.352. The Hall–Kier alpha value is -2.37. The molecule has 0 aliphatic carbocycles. The van der Waals surface area contributed by atoms with E-state index in [4.69, 9.17) is 11.6 Å². The number of benzene rings is 3. The third-order valence-electron chi connectivity index (χ3n) is 5.43. The average Bonchev–Trinajstić information content (AvgIpc) is 3.06. The van der Waals surface area contributed by atoms with Crippen molar-refractivity contribution in [3.05, 3.63) is 82.9 Å². The van der Waals surface area contributed by atoms with E-state index < -0.39 is 9.84 Å². The monoisotopic (exact) mass is 427 g/mol. The Morgan fingerprint density at radius 2 is 1.79 bits per heavy atom. The fourth-order valence-corrected chi connectivity index (χ4v) is 5.93. The molecule has 4 nitrogen and oxygen atoms in total. The first-order valence-electron chi connectivity index (χ1n) is 9.62. The van der Waals surface area contributed by atoms with Crippen LogP contribution in [0.5, 0.6) is 0 Å². The molecule has 29 heavy (non-hydrogen) atoms. The minimum absolute atomic E-state index is 0.0227. The lowest BCUT2D eigenvalue weighted by Gasteiger charge is -2.29. The van der Waals surface area contributed by atoms with Crippen molar-refractivity contribution in [2.24, 2.45) is 0 Å². The lowest BCUT2D eigenvalue weighted by Crippen LogP contribution is -2.41. The van der Waals surface area contributed by atoms with Crippen molar-refractivity contribution < 1.29 is 13.2 Å². The van der Waals surface area contributed by atoms with Gasteiger partial charge < -0.3 is 4.90 Å². The van der Waals surface area contributed by atoms with Gasteiger partial charge in [0.25, 0.3) is 0 Å². The SMILES string of the molecule is O=C(Cc1cccc2ccccc12)N(Cc1cccc(Cl)c1)C1CCS(=O)(=O)C1. The van der Waals surface area contributed by atoms with Gasteiger partial charge in [0.1, 0.15) is 0 Å². The lowest BCUT2D eigenvalue weighted by atomic mass is 10.0. The highest BCUT2D eigenvalue weighted by Crippen LogP contribution is 2.24. The molecule has 1 atom stereocenters. The predicted molar refractivity (Wildman–Crippen MR) is 117 cm³/mol. The van der Waals surface area contributed by atoms with E-state index in [9.17, 15) is 13.2 Å². The summed E-state index contributed by atoms with van der Waals surface area (Å²) in [5.74, 6) is 0.0866. The van der Waals surface area contributed by atoms with Gasteiger partial charge in [0.15, 0.2) is 9.84 Å². The molecule has 0 N–H and O–H groups in total. The van der Waals surface area contributed by atoms with E-state index in [1.54, 1.807) is 11.0 Å². The van der Waals surface area contributed by atoms with Crippen LogP contribution < -0.4 is 0 Å². The van der Waals surface area contributed by atoms with Gasteiger partial charge in [0.2, 0.25) is 5.91 Å². The molecule has 0 radical (unpaired) electrons. The quantitative estimate of drug-likeness (QED) is 0.611. The number of nitrogens with zero attached hydrogens (tertiary/aromatic N) is 1. The van der Waals surface area contributed by atoms with Crippen molar-refractivity contribution >= 4 is 38.1 Å². The first-order chi connectivity index (χ1) is 13.9. The molecule has 0 aromatic heterocycles. The molecule has 1 unspecified atom stereocenters. The third kappa shape index (κ3) is 4.62. The van der Waals surface area contributed by atoms with E-state index in [-0.39, 0.29) is 29.9 Å². The van der Waals surface area contributed by atoms with Crippen LogP contribution in [-0.4, -0.2) is 36.8 Å². The van der Waals surface area contributed by atoms with Crippen LogP contribution in [0.25, 0.3) is 10.8 Å². The zero-order chi connectivity index (χ0) is 20.4. The number of hydrogen-bond acceptors (Lipinski definition) is 3. The van der Waals surface area contributed by atoms with Crippen molar-refractivity contribution in [2.45, 2.75) is 25.4 Å². The second kappa shape index (κ2) is 8.17. The summed E-state index contributed by atoms with van der Waals surface area (Å²) < 4.78 is 24.1. The number of amides is 1. The smallest absolute Gasteiger partial charge is 0.227 e. The molecule has 0 saturated carbocycles. The Bertz CT molecular complexity index is 1150. The maximum absolute atomic E-state index is 13.3. The van der Waals surface area contributed by atoms with Gasteiger partial charge in [-0.05, 0) is 40.5 Å². The van der Waals surface area contributed by atoms with Crippen LogP contribution in [0.3, 0.4) is 0 Å². The highest BCUT2D eigenvalue weighted by Gasteiger charge is 2.34. The van der Waals surface area contributed by atoms with E-state index >= 15 is 0 Å². The number of sulfone groups is 1. The summed E-state index contributed by atoms with van der Waals surface area (Å²) in [7, 11) is -3.10. The Balaban J connectivity index is 1.63. The van der Waals surface area contributed by atoms with E-state index in [0.717, 1.165) is 21.9 Å². The number of carbonyl (C=O) groups is 1. The summed E-state index contributed by atoms with van der Waals surface area (Å²) in [6, 6.07) is 21.0. The molecule has 3 aromatic carbocycles. The van der Waals surface area contributed by atoms with Crippen molar-refractivity contribution in [2.75, 3.05) is 11.5 Å². The first-order valence-corrected chi connectivity index (χ1v) is 11.8. The zero-order valence-electron chi connectivity index (χ0n) is 15.9. The van der Waals surface area contributed by atoms with Gasteiger partial charge >= 0.3 is 0 Å². The highest BCUT2D eigenvalue weighted by atomic mass is 35.5. The molecule has 0 spiro atoms. The van der Waals surface area contributed by atoms with Crippen LogP contribution in [0.15, 0.2) is 66.7 Å². The fourth-order valence-electron chi connectivity index (χ4n) is 3.99. The number of halogens is 1. The Labute approximate surface area is 176 Å². The number of fused-ring (bicyclic) bond motifs is 1. The normalized spacial score (nSPS) is 18.0. The maximum Gasteiger partial charge on any atom is 0.227 e. The molecule has 1 heterocycles. The molecular weight excluding hydrogens is 406 g/mol. The Kier molecular flexibility index (Phi) is 5.61. The second-order valence-corrected chi connectivity index (χ2v) is 10.2.